The Balaban J connectivity index is 1.94. The third-order valence-electron chi connectivity index (χ3n) is 4.96. The van der Waals surface area contributed by atoms with Crippen molar-refractivity contribution < 1.29 is 9.18 Å². The maximum Gasteiger partial charge on any atom is 0.322 e. The fourth-order valence-corrected chi connectivity index (χ4v) is 3.51. The van der Waals surface area contributed by atoms with E-state index in [-0.39, 0.29) is 11.8 Å². The maximum atomic E-state index is 14.9. The normalized spacial score (nSPS) is 14.0. The van der Waals surface area contributed by atoms with Crippen LogP contribution in [0.2, 0.25) is 0 Å². The van der Waals surface area contributed by atoms with Gasteiger partial charge in [0.15, 0.2) is 0 Å². The van der Waals surface area contributed by atoms with Crippen LogP contribution < -0.4 is 5.32 Å². The second-order valence-corrected chi connectivity index (χ2v) is 7.38. The first-order chi connectivity index (χ1) is 12.3. The fourth-order valence-electron chi connectivity index (χ4n) is 3.51. The van der Waals surface area contributed by atoms with Crippen molar-refractivity contribution in [3.05, 3.63) is 64.5 Å². The predicted octanol–water partition coefficient (Wildman–Crippen LogP) is 4.71. The lowest BCUT2D eigenvalue weighted by atomic mass is 9.78. The first kappa shape index (κ1) is 18.1. The van der Waals surface area contributed by atoms with Gasteiger partial charge in [0.05, 0.1) is 0 Å². The van der Waals surface area contributed by atoms with Gasteiger partial charge in [-0.15, -0.1) is 0 Å². The van der Waals surface area contributed by atoms with Crippen LogP contribution >= 0.6 is 0 Å². The molecule has 0 fully saturated rings. The van der Waals surface area contributed by atoms with Gasteiger partial charge in [-0.05, 0) is 53.1 Å². The summed E-state index contributed by atoms with van der Waals surface area (Å²) in [5.41, 5.74) is 3.51. The molecule has 0 unspecified atom stereocenters. The van der Waals surface area contributed by atoms with Gasteiger partial charge in [-0.25, -0.2) is 9.18 Å². The number of nitrogens with zero attached hydrogens (tertiary/aromatic N) is 1. The van der Waals surface area contributed by atoms with E-state index in [4.69, 9.17) is 5.41 Å². The minimum Gasteiger partial charge on any atom is -0.320 e. The molecular formula is C21H24FN3O. The van der Waals surface area contributed by atoms with Crippen molar-refractivity contribution in [3.63, 3.8) is 0 Å². The quantitative estimate of drug-likeness (QED) is 0.752. The minimum absolute atomic E-state index is 0.144. The van der Waals surface area contributed by atoms with Gasteiger partial charge in [-0.1, -0.05) is 38.1 Å². The molecule has 4 nitrogen and oxygen atoms in total. The summed E-state index contributed by atoms with van der Waals surface area (Å²) in [6, 6.07) is 10.9. The summed E-state index contributed by atoms with van der Waals surface area (Å²) in [6.45, 7) is 6.91. The highest BCUT2D eigenvalue weighted by molar-refractivity contribution is 5.92. The van der Waals surface area contributed by atoms with Gasteiger partial charge in [0.1, 0.15) is 5.82 Å². The molecule has 0 spiro atoms. The van der Waals surface area contributed by atoms with Crippen LogP contribution in [-0.4, -0.2) is 23.7 Å². The summed E-state index contributed by atoms with van der Waals surface area (Å²) >= 11 is 0. The lowest BCUT2D eigenvalue weighted by molar-refractivity contribution is 0.209. The van der Waals surface area contributed by atoms with Gasteiger partial charge < -0.3 is 15.6 Å². The van der Waals surface area contributed by atoms with Gasteiger partial charge in [0.2, 0.25) is 0 Å². The molecule has 0 aliphatic carbocycles. The highest BCUT2D eigenvalue weighted by Crippen LogP contribution is 2.35. The van der Waals surface area contributed by atoms with Crippen molar-refractivity contribution in [1.82, 2.24) is 4.90 Å². The van der Waals surface area contributed by atoms with E-state index >= 15 is 0 Å². The number of benzene rings is 2. The fraction of sp³-hybridized carbons (Fsp3) is 0.333. The van der Waals surface area contributed by atoms with E-state index in [1.807, 2.05) is 45.0 Å². The Morgan fingerprint density at radius 1 is 1.31 bits per heavy atom. The Labute approximate surface area is 153 Å². The molecule has 2 N–H and O–H groups in total. The number of hydrogen-bond acceptors (Lipinski definition) is 2. The zero-order valence-corrected chi connectivity index (χ0v) is 15.4. The molecule has 0 saturated carbocycles. The van der Waals surface area contributed by atoms with Gasteiger partial charge in [0, 0.05) is 25.0 Å². The smallest absolute Gasteiger partial charge is 0.320 e. The molecule has 1 aliphatic rings. The second-order valence-electron chi connectivity index (χ2n) is 7.38. The number of carbonyl (C=O) groups excluding carboxylic acids is 1. The van der Waals surface area contributed by atoms with Crippen molar-refractivity contribution in [3.8, 4) is 0 Å². The van der Waals surface area contributed by atoms with Gasteiger partial charge >= 0.3 is 6.03 Å². The number of fused-ring (bicyclic) bond motifs is 1. The zero-order chi connectivity index (χ0) is 18.9. The number of rotatable bonds is 5. The van der Waals surface area contributed by atoms with E-state index in [0.717, 1.165) is 16.7 Å². The molecule has 3 rings (SSSR count). The van der Waals surface area contributed by atoms with Crippen LogP contribution in [0.15, 0.2) is 36.4 Å². The number of amides is 2. The highest BCUT2D eigenvalue weighted by atomic mass is 19.1. The summed E-state index contributed by atoms with van der Waals surface area (Å²) < 4.78 is 14.9. The lowest BCUT2D eigenvalue weighted by Gasteiger charge is -2.32. The van der Waals surface area contributed by atoms with E-state index in [2.05, 4.69) is 5.32 Å². The maximum absolute atomic E-state index is 14.9. The third-order valence-corrected chi connectivity index (χ3v) is 4.96. The van der Waals surface area contributed by atoms with Crippen molar-refractivity contribution >= 4 is 17.9 Å². The molecule has 0 bridgehead atoms. The molecule has 26 heavy (non-hydrogen) atoms. The van der Waals surface area contributed by atoms with Crippen molar-refractivity contribution in [2.24, 2.45) is 0 Å². The van der Waals surface area contributed by atoms with E-state index in [9.17, 15) is 9.18 Å². The largest absolute Gasteiger partial charge is 0.322 e. The summed E-state index contributed by atoms with van der Waals surface area (Å²) in [7, 11) is 0. The Bertz CT molecular complexity index is 860. The predicted molar refractivity (Wildman–Crippen MR) is 103 cm³/mol. The SMILES string of the molecule is CCN1Cc2cc(F)c(C(C)(C)Cc3cccc(C=N)c3)cc2NC1=O. The van der Waals surface area contributed by atoms with Crippen LogP contribution in [0.1, 0.15) is 43.0 Å². The molecule has 0 aromatic heterocycles. The topological polar surface area (TPSA) is 56.2 Å². The van der Waals surface area contributed by atoms with Gasteiger partial charge in [-0.2, -0.15) is 0 Å². The lowest BCUT2D eigenvalue weighted by Crippen LogP contribution is -2.38. The number of urea groups is 1. The molecular weight excluding hydrogens is 329 g/mol. The van der Waals surface area contributed by atoms with Crippen LogP contribution in [0.3, 0.4) is 0 Å². The average molecular weight is 353 g/mol. The number of nitrogens with one attached hydrogen (secondary N) is 2. The monoisotopic (exact) mass is 353 g/mol. The Morgan fingerprint density at radius 3 is 2.77 bits per heavy atom. The van der Waals surface area contributed by atoms with E-state index < -0.39 is 5.41 Å². The van der Waals surface area contributed by atoms with Gasteiger partial charge in [0.25, 0.3) is 0 Å². The van der Waals surface area contributed by atoms with Crippen molar-refractivity contribution in [2.75, 3.05) is 11.9 Å². The summed E-state index contributed by atoms with van der Waals surface area (Å²) in [5, 5.41) is 10.3. The van der Waals surface area contributed by atoms with Crippen molar-refractivity contribution in [2.45, 2.75) is 39.2 Å². The molecule has 0 radical (unpaired) electrons. The Kier molecular flexibility index (Phi) is 4.81. The molecule has 1 aliphatic heterocycles. The first-order valence-corrected chi connectivity index (χ1v) is 8.82. The van der Waals surface area contributed by atoms with E-state index in [1.165, 1.54) is 6.21 Å². The Hall–Kier alpha value is -2.69. The van der Waals surface area contributed by atoms with E-state index in [0.29, 0.717) is 30.8 Å². The van der Waals surface area contributed by atoms with Gasteiger partial charge in [-0.3, -0.25) is 0 Å². The van der Waals surface area contributed by atoms with Crippen molar-refractivity contribution in [1.29, 1.82) is 5.41 Å². The van der Waals surface area contributed by atoms with Crippen LogP contribution in [0.25, 0.3) is 0 Å². The molecule has 0 atom stereocenters. The molecule has 2 aromatic carbocycles. The molecule has 2 amide bonds. The second kappa shape index (κ2) is 6.90. The average Bonchev–Trinajstić information content (AvgIpc) is 2.60. The highest BCUT2D eigenvalue weighted by Gasteiger charge is 2.29. The van der Waals surface area contributed by atoms with Crippen LogP contribution in [0.5, 0.6) is 0 Å². The molecule has 136 valence electrons. The first-order valence-electron chi connectivity index (χ1n) is 8.82. The summed E-state index contributed by atoms with van der Waals surface area (Å²) in [6.07, 6.45) is 1.95. The van der Waals surface area contributed by atoms with Crippen LogP contribution in [-0.2, 0) is 18.4 Å². The minimum atomic E-state index is -0.452. The van der Waals surface area contributed by atoms with E-state index in [1.54, 1.807) is 17.0 Å². The third kappa shape index (κ3) is 3.47. The number of carbonyl (C=O) groups is 1. The Morgan fingerprint density at radius 2 is 2.08 bits per heavy atom. The number of anilines is 1. The number of hydrogen-bond donors (Lipinski definition) is 2. The molecule has 1 heterocycles. The zero-order valence-electron chi connectivity index (χ0n) is 15.4. The van der Waals surface area contributed by atoms with Crippen LogP contribution in [0, 0.1) is 11.2 Å². The molecule has 0 saturated heterocycles. The number of halogens is 1. The standard InChI is InChI=1S/C21H24FN3O/c1-4-25-13-16-9-18(22)17(10-19(16)24-20(25)26)21(2,3)11-14-6-5-7-15(8-14)12-23/h5-10,12,23H,4,11,13H2,1-3H3,(H,24,26). The molecule has 5 heteroatoms. The molecule has 2 aromatic rings. The summed E-state index contributed by atoms with van der Waals surface area (Å²) in [4.78, 5) is 13.7. The summed E-state index contributed by atoms with van der Waals surface area (Å²) in [5.74, 6) is -0.246. The van der Waals surface area contributed by atoms with Crippen LogP contribution in [0.4, 0.5) is 14.9 Å².